The smallest absolute Gasteiger partial charge is 0.323 e. The van der Waals surface area contributed by atoms with Gasteiger partial charge in [-0.05, 0) is 37.1 Å². The highest BCUT2D eigenvalue weighted by molar-refractivity contribution is 5.80. The van der Waals surface area contributed by atoms with E-state index in [1.807, 2.05) is 30.3 Å². The number of rotatable bonds is 4. The number of pyridine rings is 1. The Morgan fingerprint density at radius 3 is 3.06 bits per heavy atom. The molecular formula is C14H16N2O2. The molecule has 2 N–H and O–H groups in total. The minimum absolute atomic E-state index is 0.355. The molecule has 0 bridgehead atoms. The van der Waals surface area contributed by atoms with E-state index in [0.29, 0.717) is 13.0 Å². The molecule has 1 aromatic heterocycles. The normalized spacial score (nSPS) is 12.3. The van der Waals surface area contributed by atoms with Gasteiger partial charge in [0, 0.05) is 11.6 Å². The Bertz CT molecular complexity index is 554. The average molecular weight is 244 g/mol. The van der Waals surface area contributed by atoms with Gasteiger partial charge in [0.2, 0.25) is 0 Å². The van der Waals surface area contributed by atoms with Crippen molar-refractivity contribution in [2.45, 2.75) is 19.4 Å². The molecule has 0 aliphatic carbocycles. The highest BCUT2D eigenvalue weighted by Gasteiger charge is 2.15. The Balaban J connectivity index is 2.14. The van der Waals surface area contributed by atoms with E-state index >= 15 is 0 Å². The molecule has 0 amide bonds. The Labute approximate surface area is 106 Å². The Morgan fingerprint density at radius 2 is 2.28 bits per heavy atom. The first-order chi connectivity index (χ1) is 8.70. The van der Waals surface area contributed by atoms with Crippen molar-refractivity contribution in [1.29, 1.82) is 0 Å². The summed E-state index contributed by atoms with van der Waals surface area (Å²) in [6.07, 6.45) is 2.23. The van der Waals surface area contributed by atoms with E-state index in [0.717, 1.165) is 16.5 Å². The lowest BCUT2D eigenvalue weighted by Crippen LogP contribution is -2.34. The second-order valence-corrected chi connectivity index (χ2v) is 4.09. The topological polar surface area (TPSA) is 65.2 Å². The summed E-state index contributed by atoms with van der Waals surface area (Å²) in [6, 6.07) is 9.14. The first kappa shape index (κ1) is 12.5. The number of carbonyl (C=O) groups is 1. The highest BCUT2D eigenvalue weighted by Crippen LogP contribution is 2.14. The first-order valence-electron chi connectivity index (χ1n) is 5.96. The molecule has 1 atom stereocenters. The molecule has 0 saturated carbocycles. The zero-order valence-electron chi connectivity index (χ0n) is 10.3. The van der Waals surface area contributed by atoms with Crippen molar-refractivity contribution in [2.75, 3.05) is 6.61 Å². The molecule has 1 heterocycles. The third-order valence-electron chi connectivity index (χ3n) is 2.71. The van der Waals surface area contributed by atoms with Gasteiger partial charge in [0.25, 0.3) is 0 Å². The number of fused-ring (bicyclic) bond motifs is 1. The van der Waals surface area contributed by atoms with Gasteiger partial charge in [-0.25, -0.2) is 0 Å². The third kappa shape index (κ3) is 2.84. The largest absolute Gasteiger partial charge is 0.465 e. The Hall–Kier alpha value is -1.94. The third-order valence-corrected chi connectivity index (χ3v) is 2.71. The zero-order chi connectivity index (χ0) is 13.0. The van der Waals surface area contributed by atoms with Crippen LogP contribution in [0.25, 0.3) is 10.9 Å². The summed E-state index contributed by atoms with van der Waals surface area (Å²) in [5.74, 6) is -0.358. The van der Waals surface area contributed by atoms with Crippen LogP contribution in [0.5, 0.6) is 0 Å². The van der Waals surface area contributed by atoms with Gasteiger partial charge in [-0.15, -0.1) is 0 Å². The van der Waals surface area contributed by atoms with Crippen molar-refractivity contribution in [3.63, 3.8) is 0 Å². The molecule has 0 aliphatic heterocycles. The van der Waals surface area contributed by atoms with E-state index in [4.69, 9.17) is 10.5 Å². The fourth-order valence-electron chi connectivity index (χ4n) is 1.84. The summed E-state index contributed by atoms with van der Waals surface area (Å²) in [4.78, 5) is 15.7. The maximum absolute atomic E-state index is 11.5. The van der Waals surface area contributed by atoms with Crippen LogP contribution in [-0.4, -0.2) is 23.6 Å². The van der Waals surface area contributed by atoms with Gasteiger partial charge in [-0.1, -0.05) is 12.1 Å². The van der Waals surface area contributed by atoms with Crippen LogP contribution in [0.4, 0.5) is 0 Å². The van der Waals surface area contributed by atoms with Gasteiger partial charge in [0.1, 0.15) is 6.04 Å². The molecule has 0 saturated heterocycles. The lowest BCUT2D eigenvalue weighted by atomic mass is 10.0. The van der Waals surface area contributed by atoms with Crippen molar-refractivity contribution in [2.24, 2.45) is 5.73 Å². The van der Waals surface area contributed by atoms with Crippen LogP contribution in [0, 0.1) is 0 Å². The van der Waals surface area contributed by atoms with E-state index in [1.54, 1.807) is 13.1 Å². The summed E-state index contributed by atoms with van der Waals surface area (Å²) >= 11 is 0. The van der Waals surface area contributed by atoms with Crippen LogP contribution in [0.1, 0.15) is 12.5 Å². The van der Waals surface area contributed by atoms with E-state index < -0.39 is 6.04 Å². The molecule has 18 heavy (non-hydrogen) atoms. The van der Waals surface area contributed by atoms with E-state index in [2.05, 4.69) is 4.98 Å². The number of hydrogen-bond donors (Lipinski definition) is 1. The molecule has 4 heteroatoms. The number of nitrogens with two attached hydrogens (primary N) is 1. The summed E-state index contributed by atoms with van der Waals surface area (Å²) in [7, 11) is 0. The fraction of sp³-hybridized carbons (Fsp3) is 0.286. The molecule has 1 aromatic carbocycles. The summed E-state index contributed by atoms with van der Waals surface area (Å²) in [5.41, 5.74) is 7.74. The number of carbonyl (C=O) groups excluding carboxylic acids is 1. The highest BCUT2D eigenvalue weighted by atomic mass is 16.5. The quantitative estimate of drug-likeness (QED) is 0.831. The van der Waals surface area contributed by atoms with Gasteiger partial charge in [-0.3, -0.25) is 9.78 Å². The number of ether oxygens (including phenoxy) is 1. The van der Waals surface area contributed by atoms with Crippen molar-refractivity contribution < 1.29 is 9.53 Å². The predicted octanol–water partition coefficient (Wildman–Crippen LogP) is 1.67. The summed E-state index contributed by atoms with van der Waals surface area (Å²) < 4.78 is 4.89. The van der Waals surface area contributed by atoms with Crippen molar-refractivity contribution in [3.8, 4) is 0 Å². The minimum atomic E-state index is -0.612. The molecule has 2 rings (SSSR count). The van der Waals surface area contributed by atoms with Gasteiger partial charge >= 0.3 is 5.97 Å². The van der Waals surface area contributed by atoms with Gasteiger partial charge in [0.05, 0.1) is 12.1 Å². The van der Waals surface area contributed by atoms with Gasteiger partial charge < -0.3 is 10.5 Å². The van der Waals surface area contributed by atoms with Gasteiger partial charge in [-0.2, -0.15) is 0 Å². The SMILES string of the molecule is CCOC(=O)[C@H](N)Cc1ccc2ncccc2c1. The lowest BCUT2D eigenvalue weighted by molar-refractivity contribution is -0.144. The van der Waals surface area contributed by atoms with Crippen LogP contribution in [0.3, 0.4) is 0 Å². The standard InChI is InChI=1S/C14H16N2O2/c1-2-18-14(17)12(15)9-10-5-6-13-11(8-10)4-3-7-16-13/h3-8,12H,2,9,15H2,1H3/t12-/m1/s1. The second-order valence-electron chi connectivity index (χ2n) is 4.09. The number of aromatic nitrogens is 1. The fourth-order valence-corrected chi connectivity index (χ4v) is 1.84. The molecule has 2 aromatic rings. The molecule has 0 fully saturated rings. The number of esters is 1. The maximum Gasteiger partial charge on any atom is 0.323 e. The molecule has 0 spiro atoms. The van der Waals surface area contributed by atoms with Crippen LogP contribution in [0.15, 0.2) is 36.5 Å². The first-order valence-corrected chi connectivity index (χ1v) is 5.96. The number of hydrogen-bond acceptors (Lipinski definition) is 4. The van der Waals surface area contributed by atoms with E-state index in [-0.39, 0.29) is 5.97 Å². The molecule has 4 nitrogen and oxygen atoms in total. The summed E-state index contributed by atoms with van der Waals surface area (Å²) in [5, 5.41) is 1.05. The van der Waals surface area contributed by atoms with Crippen LogP contribution in [0.2, 0.25) is 0 Å². The number of nitrogens with zero attached hydrogens (tertiary/aromatic N) is 1. The van der Waals surface area contributed by atoms with Crippen LogP contribution < -0.4 is 5.73 Å². The lowest BCUT2D eigenvalue weighted by Gasteiger charge is -2.10. The second kappa shape index (κ2) is 5.60. The average Bonchev–Trinajstić information content (AvgIpc) is 2.39. The summed E-state index contributed by atoms with van der Waals surface area (Å²) in [6.45, 7) is 2.13. The predicted molar refractivity (Wildman–Crippen MR) is 70.1 cm³/mol. The zero-order valence-corrected chi connectivity index (χ0v) is 10.3. The maximum atomic E-state index is 11.5. The molecule has 0 unspecified atom stereocenters. The van der Waals surface area contributed by atoms with Gasteiger partial charge in [0.15, 0.2) is 0 Å². The van der Waals surface area contributed by atoms with Crippen LogP contribution in [-0.2, 0) is 16.0 Å². The van der Waals surface area contributed by atoms with Crippen LogP contribution >= 0.6 is 0 Å². The molecule has 0 radical (unpaired) electrons. The van der Waals surface area contributed by atoms with Crippen molar-refractivity contribution in [1.82, 2.24) is 4.98 Å². The molecule has 94 valence electrons. The molecular weight excluding hydrogens is 228 g/mol. The number of benzene rings is 1. The molecule has 0 aliphatic rings. The van der Waals surface area contributed by atoms with Crippen molar-refractivity contribution in [3.05, 3.63) is 42.1 Å². The Morgan fingerprint density at radius 1 is 1.44 bits per heavy atom. The minimum Gasteiger partial charge on any atom is -0.465 e. The van der Waals surface area contributed by atoms with E-state index in [1.165, 1.54) is 0 Å². The van der Waals surface area contributed by atoms with E-state index in [9.17, 15) is 4.79 Å². The Kier molecular flexibility index (Phi) is 3.89. The van der Waals surface area contributed by atoms with Crippen molar-refractivity contribution >= 4 is 16.9 Å². The monoisotopic (exact) mass is 244 g/mol.